The summed E-state index contributed by atoms with van der Waals surface area (Å²) in [6.07, 6.45) is 9.08. The monoisotopic (exact) mass is 503 g/mol. The zero-order chi connectivity index (χ0) is 26.8. The average molecular weight is 504 g/mol. The molecule has 0 aliphatic rings. The predicted molar refractivity (Wildman–Crippen MR) is 143 cm³/mol. The molecular weight excluding hydrogens is 462 g/mol. The lowest BCUT2D eigenvalue weighted by molar-refractivity contribution is -0.138. The first kappa shape index (κ1) is 30.4. The Morgan fingerprint density at radius 3 is 2.20 bits per heavy atom. The number of ether oxygens (including phenoxy) is 1. The Labute approximate surface area is 215 Å². The number of nitrogens with one attached hydrogen (secondary N) is 2. The molecule has 1 aromatic rings. The summed E-state index contributed by atoms with van der Waals surface area (Å²) in [5.41, 5.74) is 1.81. The molecule has 0 saturated carbocycles. The Bertz CT molecular complexity index is 900. The largest absolute Gasteiger partial charge is 0.444 e. The molecule has 0 aliphatic carbocycles. The number of aryl methyl sites for hydroxylation is 2. The Kier molecular flexibility index (Phi) is 12.2. The quantitative estimate of drug-likeness (QED) is 0.337. The first-order valence-corrected chi connectivity index (χ1v) is 13.4. The van der Waals surface area contributed by atoms with Gasteiger partial charge in [-0.2, -0.15) is 11.8 Å². The van der Waals surface area contributed by atoms with Crippen LogP contribution in [0.1, 0.15) is 76.6 Å². The number of hydrogen-bond acceptors (Lipinski definition) is 5. The number of rotatable bonds is 11. The van der Waals surface area contributed by atoms with Crippen molar-refractivity contribution in [3.63, 3.8) is 0 Å². The van der Waals surface area contributed by atoms with Gasteiger partial charge in [0, 0.05) is 12.1 Å². The summed E-state index contributed by atoms with van der Waals surface area (Å²) in [6.45, 7) is 13.1. The van der Waals surface area contributed by atoms with Gasteiger partial charge in [0.05, 0.1) is 0 Å². The lowest BCUT2D eigenvalue weighted by Gasteiger charge is -2.31. The Morgan fingerprint density at radius 1 is 1.11 bits per heavy atom. The number of thioether (sulfide) groups is 1. The van der Waals surface area contributed by atoms with Crippen molar-refractivity contribution in [3.05, 3.63) is 34.9 Å². The fourth-order valence-corrected chi connectivity index (χ4v) is 4.26. The van der Waals surface area contributed by atoms with Crippen LogP contribution in [0.5, 0.6) is 0 Å². The van der Waals surface area contributed by atoms with Gasteiger partial charge in [-0.1, -0.05) is 49.1 Å². The highest BCUT2D eigenvalue weighted by Gasteiger charge is 2.36. The first-order chi connectivity index (χ1) is 16.3. The predicted octanol–water partition coefficient (Wildman–Crippen LogP) is 4.72. The standard InChI is InChI=1S/C27H41N3O4S/c1-10-12-20(5)28-24(31)23(21-16-18(3)15-19(4)17-21)30(11-2)25(32)22(13-14-35-9)29-26(33)34-27(6,7)8/h2,15-17,20,22-23H,10,12-14H2,1,3-9H3,(H,28,31)(H,29,33). The third-order valence-corrected chi connectivity index (χ3v) is 5.80. The average Bonchev–Trinajstić information content (AvgIpc) is 2.72. The lowest BCUT2D eigenvalue weighted by Crippen LogP contribution is -2.52. The second-order valence-electron chi connectivity index (χ2n) is 9.84. The van der Waals surface area contributed by atoms with Crippen molar-refractivity contribution in [2.45, 2.75) is 91.5 Å². The van der Waals surface area contributed by atoms with Gasteiger partial charge in [0.2, 0.25) is 5.91 Å². The van der Waals surface area contributed by atoms with Crippen LogP contribution < -0.4 is 10.6 Å². The summed E-state index contributed by atoms with van der Waals surface area (Å²) in [4.78, 5) is 40.8. The van der Waals surface area contributed by atoms with E-state index in [4.69, 9.17) is 11.2 Å². The second-order valence-corrected chi connectivity index (χ2v) is 10.8. The van der Waals surface area contributed by atoms with E-state index in [1.165, 1.54) is 0 Å². The van der Waals surface area contributed by atoms with Crippen LogP contribution in [0.2, 0.25) is 0 Å². The molecule has 8 heteroatoms. The number of nitrogens with zero attached hydrogens (tertiary/aromatic N) is 1. The third kappa shape index (κ3) is 10.2. The highest BCUT2D eigenvalue weighted by Crippen LogP contribution is 2.25. The zero-order valence-electron chi connectivity index (χ0n) is 22.4. The molecule has 3 unspecified atom stereocenters. The zero-order valence-corrected chi connectivity index (χ0v) is 23.2. The molecule has 0 radical (unpaired) electrons. The highest BCUT2D eigenvalue weighted by molar-refractivity contribution is 7.98. The summed E-state index contributed by atoms with van der Waals surface area (Å²) in [5.74, 6) is -0.281. The molecule has 0 heterocycles. The number of carbonyl (C=O) groups is 3. The maximum absolute atomic E-state index is 13.7. The van der Waals surface area contributed by atoms with Gasteiger partial charge < -0.3 is 15.4 Å². The summed E-state index contributed by atoms with van der Waals surface area (Å²) < 4.78 is 5.36. The SMILES string of the molecule is C#CN(C(=O)C(CCSC)NC(=O)OC(C)(C)C)C(C(=O)NC(C)CCC)c1cc(C)cc(C)c1. The van der Waals surface area contributed by atoms with E-state index in [9.17, 15) is 14.4 Å². The van der Waals surface area contributed by atoms with Crippen LogP contribution in [0.4, 0.5) is 4.79 Å². The van der Waals surface area contributed by atoms with Crippen molar-refractivity contribution < 1.29 is 19.1 Å². The summed E-state index contributed by atoms with van der Waals surface area (Å²) in [5, 5.41) is 5.66. The van der Waals surface area contributed by atoms with Crippen LogP contribution in [-0.2, 0) is 14.3 Å². The molecule has 1 rings (SSSR count). The van der Waals surface area contributed by atoms with E-state index in [0.717, 1.165) is 28.9 Å². The smallest absolute Gasteiger partial charge is 0.408 e. The molecule has 0 fully saturated rings. The minimum Gasteiger partial charge on any atom is -0.444 e. The van der Waals surface area contributed by atoms with Crippen LogP contribution in [0.3, 0.4) is 0 Å². The molecule has 2 N–H and O–H groups in total. The number of benzene rings is 1. The van der Waals surface area contributed by atoms with Gasteiger partial charge in [-0.3, -0.25) is 14.5 Å². The van der Waals surface area contributed by atoms with Gasteiger partial charge in [0.15, 0.2) is 0 Å². The first-order valence-electron chi connectivity index (χ1n) is 12.0. The van der Waals surface area contributed by atoms with Gasteiger partial charge in [-0.05, 0) is 72.0 Å². The van der Waals surface area contributed by atoms with E-state index in [0.29, 0.717) is 17.7 Å². The number of alkyl carbamates (subject to hydrolysis) is 1. The van der Waals surface area contributed by atoms with Crippen LogP contribution in [0.15, 0.2) is 18.2 Å². The van der Waals surface area contributed by atoms with Gasteiger partial charge in [0.1, 0.15) is 17.7 Å². The molecule has 0 saturated heterocycles. The molecular formula is C27H41N3O4S. The molecule has 0 bridgehead atoms. The van der Waals surface area contributed by atoms with Gasteiger partial charge in [0.25, 0.3) is 5.91 Å². The summed E-state index contributed by atoms with van der Waals surface area (Å²) in [6, 6.07) is 6.07. The van der Waals surface area contributed by atoms with Crippen molar-refractivity contribution in [1.82, 2.24) is 15.5 Å². The fourth-order valence-electron chi connectivity index (χ4n) is 3.79. The Hall–Kier alpha value is -2.66. The second kappa shape index (κ2) is 14.0. The van der Waals surface area contributed by atoms with Crippen molar-refractivity contribution in [2.75, 3.05) is 12.0 Å². The van der Waals surface area contributed by atoms with E-state index in [1.807, 2.05) is 52.1 Å². The molecule has 0 spiro atoms. The van der Waals surface area contributed by atoms with Crippen LogP contribution in [0.25, 0.3) is 0 Å². The van der Waals surface area contributed by atoms with Crippen molar-refractivity contribution in [2.24, 2.45) is 0 Å². The van der Waals surface area contributed by atoms with Crippen molar-refractivity contribution in [3.8, 4) is 12.5 Å². The van der Waals surface area contributed by atoms with Crippen LogP contribution >= 0.6 is 11.8 Å². The Balaban J connectivity index is 3.41. The lowest BCUT2D eigenvalue weighted by atomic mass is 9.98. The van der Waals surface area contributed by atoms with Gasteiger partial charge in [-0.15, -0.1) is 0 Å². The van der Waals surface area contributed by atoms with Crippen molar-refractivity contribution in [1.29, 1.82) is 0 Å². The fraction of sp³-hybridized carbons (Fsp3) is 0.593. The molecule has 194 valence electrons. The van der Waals surface area contributed by atoms with E-state index in [1.54, 1.807) is 32.5 Å². The summed E-state index contributed by atoms with van der Waals surface area (Å²) in [7, 11) is 0. The number of carbonyl (C=O) groups excluding carboxylic acids is 3. The Morgan fingerprint density at radius 2 is 1.71 bits per heavy atom. The third-order valence-electron chi connectivity index (χ3n) is 5.15. The van der Waals surface area contributed by atoms with E-state index in [2.05, 4.69) is 16.7 Å². The van der Waals surface area contributed by atoms with Crippen LogP contribution in [-0.4, -0.2) is 52.5 Å². The molecule has 0 aromatic heterocycles. The molecule has 1 aromatic carbocycles. The molecule has 3 atom stereocenters. The maximum Gasteiger partial charge on any atom is 0.408 e. The normalized spacial score (nSPS) is 13.7. The van der Waals surface area contributed by atoms with E-state index < -0.39 is 29.7 Å². The number of terminal acetylenes is 1. The van der Waals surface area contributed by atoms with Crippen LogP contribution in [0, 0.1) is 26.3 Å². The topological polar surface area (TPSA) is 87.7 Å². The minimum atomic E-state index is -1.04. The molecule has 0 aliphatic heterocycles. The minimum absolute atomic E-state index is 0.0807. The maximum atomic E-state index is 13.7. The highest BCUT2D eigenvalue weighted by atomic mass is 32.2. The van der Waals surface area contributed by atoms with Crippen molar-refractivity contribution >= 4 is 29.7 Å². The molecule has 35 heavy (non-hydrogen) atoms. The molecule has 3 amide bonds. The van der Waals surface area contributed by atoms with E-state index >= 15 is 0 Å². The molecule has 7 nitrogen and oxygen atoms in total. The van der Waals surface area contributed by atoms with Gasteiger partial charge in [-0.25, -0.2) is 4.79 Å². The number of amides is 3. The number of hydrogen-bond donors (Lipinski definition) is 2. The van der Waals surface area contributed by atoms with E-state index in [-0.39, 0.29) is 11.9 Å². The van der Waals surface area contributed by atoms with Gasteiger partial charge >= 0.3 is 6.09 Å². The summed E-state index contributed by atoms with van der Waals surface area (Å²) >= 11 is 1.54.